The molecule has 3 atom stereocenters. The van der Waals surface area contributed by atoms with Crippen LogP contribution in [0.3, 0.4) is 0 Å². The minimum Gasteiger partial charge on any atom is -0.261 e. The summed E-state index contributed by atoms with van der Waals surface area (Å²) in [7, 11) is -5.02. The average Bonchev–Trinajstić information content (AvgIpc) is 3.30. The molecular formula is C20H28N2O2SSi. The molecule has 1 aliphatic carbocycles. The molecule has 0 spiro atoms. The van der Waals surface area contributed by atoms with Gasteiger partial charge in [-0.05, 0) is 52.6 Å². The summed E-state index contributed by atoms with van der Waals surface area (Å²) in [4.78, 5) is 4.82. The number of pyridine rings is 1. The molecule has 1 heterocycles. The standard InChI is InChI=1S/C20H28N2O2SSi/c1-13(2)17-11-8-15(12-22-17)19-18(20(19)26(3,4)5)14-6-9-16(10-7-14)25(21,23)24/h6-13,18-20H,1-5H3,(H2,21,23,24). The maximum Gasteiger partial charge on any atom is 0.238 e. The lowest BCUT2D eigenvalue weighted by Crippen LogP contribution is -2.21. The summed E-state index contributed by atoms with van der Waals surface area (Å²) in [5, 5.41) is 5.22. The fraction of sp³-hybridized carbons (Fsp3) is 0.450. The lowest BCUT2D eigenvalue weighted by molar-refractivity contribution is 0.598. The molecule has 4 nitrogen and oxygen atoms in total. The summed E-state index contributed by atoms with van der Waals surface area (Å²) < 4.78 is 23.0. The van der Waals surface area contributed by atoms with Gasteiger partial charge in [0.05, 0.1) is 4.90 Å². The van der Waals surface area contributed by atoms with Crippen LogP contribution in [0.2, 0.25) is 25.2 Å². The molecule has 26 heavy (non-hydrogen) atoms. The van der Waals surface area contributed by atoms with Gasteiger partial charge in [0.1, 0.15) is 0 Å². The Morgan fingerprint density at radius 3 is 1.92 bits per heavy atom. The zero-order valence-electron chi connectivity index (χ0n) is 16.1. The lowest BCUT2D eigenvalue weighted by atomic mass is 10.0. The molecule has 0 aliphatic heterocycles. The summed E-state index contributed by atoms with van der Waals surface area (Å²) >= 11 is 0. The van der Waals surface area contributed by atoms with E-state index >= 15 is 0 Å². The molecule has 140 valence electrons. The van der Waals surface area contributed by atoms with Crippen molar-refractivity contribution in [1.82, 2.24) is 4.98 Å². The van der Waals surface area contributed by atoms with Gasteiger partial charge in [0.15, 0.2) is 0 Å². The van der Waals surface area contributed by atoms with Crippen molar-refractivity contribution < 1.29 is 8.42 Å². The quantitative estimate of drug-likeness (QED) is 0.770. The molecule has 1 fully saturated rings. The molecule has 6 heteroatoms. The highest BCUT2D eigenvalue weighted by atomic mass is 32.2. The van der Waals surface area contributed by atoms with E-state index in [-0.39, 0.29) is 4.90 Å². The topological polar surface area (TPSA) is 73.1 Å². The van der Waals surface area contributed by atoms with Crippen LogP contribution in [-0.4, -0.2) is 21.5 Å². The first-order chi connectivity index (χ1) is 12.0. The third-order valence-electron chi connectivity index (χ3n) is 5.40. The van der Waals surface area contributed by atoms with Crippen LogP contribution in [0, 0.1) is 0 Å². The van der Waals surface area contributed by atoms with Crippen molar-refractivity contribution in [2.75, 3.05) is 0 Å². The second-order valence-corrected chi connectivity index (χ2v) is 15.7. The van der Waals surface area contributed by atoms with E-state index in [1.807, 2.05) is 18.3 Å². The first-order valence-electron chi connectivity index (χ1n) is 9.09. The van der Waals surface area contributed by atoms with Crippen LogP contribution in [0.4, 0.5) is 0 Å². The second-order valence-electron chi connectivity index (χ2n) is 8.73. The molecule has 0 amide bonds. The monoisotopic (exact) mass is 388 g/mol. The number of hydrogen-bond acceptors (Lipinski definition) is 3. The highest BCUT2D eigenvalue weighted by Gasteiger charge is 2.57. The van der Waals surface area contributed by atoms with Crippen molar-refractivity contribution in [3.8, 4) is 0 Å². The van der Waals surface area contributed by atoms with Gasteiger partial charge in [0, 0.05) is 20.0 Å². The molecule has 1 aromatic heterocycles. The van der Waals surface area contributed by atoms with E-state index in [1.165, 1.54) is 11.1 Å². The average molecular weight is 389 g/mol. The maximum atomic E-state index is 11.5. The summed E-state index contributed by atoms with van der Waals surface area (Å²) in [6, 6.07) is 11.5. The van der Waals surface area contributed by atoms with E-state index in [1.54, 1.807) is 12.1 Å². The van der Waals surface area contributed by atoms with Gasteiger partial charge in [-0.3, -0.25) is 4.98 Å². The van der Waals surface area contributed by atoms with Gasteiger partial charge in [0.25, 0.3) is 0 Å². The van der Waals surface area contributed by atoms with Gasteiger partial charge >= 0.3 is 0 Å². The van der Waals surface area contributed by atoms with Crippen molar-refractivity contribution in [3.05, 3.63) is 59.4 Å². The first kappa shape index (κ1) is 19.3. The van der Waals surface area contributed by atoms with Gasteiger partial charge in [-0.25, -0.2) is 13.6 Å². The smallest absolute Gasteiger partial charge is 0.238 e. The van der Waals surface area contributed by atoms with Gasteiger partial charge in [0.2, 0.25) is 10.0 Å². The molecule has 0 bridgehead atoms. The number of hydrogen-bond donors (Lipinski definition) is 1. The molecule has 3 unspecified atom stereocenters. The van der Waals surface area contributed by atoms with Crippen LogP contribution in [0.5, 0.6) is 0 Å². The van der Waals surface area contributed by atoms with Crippen LogP contribution >= 0.6 is 0 Å². The maximum absolute atomic E-state index is 11.5. The zero-order valence-corrected chi connectivity index (χ0v) is 17.9. The molecule has 0 radical (unpaired) electrons. The predicted octanol–water partition coefficient (Wildman–Crippen LogP) is 4.44. The molecule has 2 N–H and O–H groups in total. The van der Waals surface area contributed by atoms with Gasteiger partial charge in [-0.15, -0.1) is 0 Å². The number of primary sulfonamides is 1. The largest absolute Gasteiger partial charge is 0.261 e. The Morgan fingerprint density at radius 1 is 0.962 bits per heavy atom. The summed E-state index contributed by atoms with van der Waals surface area (Å²) in [6.07, 6.45) is 2.03. The van der Waals surface area contributed by atoms with Crippen LogP contribution in [-0.2, 0) is 10.0 Å². The van der Waals surface area contributed by atoms with E-state index in [0.29, 0.717) is 23.3 Å². The third kappa shape index (κ3) is 3.77. The van der Waals surface area contributed by atoms with Crippen LogP contribution in [0.15, 0.2) is 47.5 Å². The van der Waals surface area contributed by atoms with Crippen molar-refractivity contribution >= 4 is 18.1 Å². The molecule has 1 aliphatic rings. The summed E-state index contributed by atoms with van der Waals surface area (Å²) in [6.45, 7) is 11.5. The molecule has 2 aromatic rings. The Labute approximate surface area is 157 Å². The van der Waals surface area contributed by atoms with E-state index in [2.05, 4.69) is 50.6 Å². The van der Waals surface area contributed by atoms with Crippen LogP contribution < -0.4 is 5.14 Å². The van der Waals surface area contributed by atoms with E-state index in [0.717, 1.165) is 5.69 Å². The van der Waals surface area contributed by atoms with Gasteiger partial charge < -0.3 is 0 Å². The van der Waals surface area contributed by atoms with Crippen LogP contribution in [0.1, 0.15) is 48.4 Å². The van der Waals surface area contributed by atoms with E-state index in [4.69, 9.17) is 5.14 Å². The van der Waals surface area contributed by atoms with Crippen molar-refractivity contribution in [2.24, 2.45) is 5.14 Å². The minimum atomic E-state index is -3.65. The zero-order chi connectivity index (χ0) is 19.3. The third-order valence-corrected chi connectivity index (χ3v) is 9.05. The van der Waals surface area contributed by atoms with E-state index < -0.39 is 18.1 Å². The molecule has 0 saturated heterocycles. The van der Waals surface area contributed by atoms with Crippen molar-refractivity contribution in [1.29, 1.82) is 0 Å². The Kier molecular flexibility index (Phi) is 4.88. The molecule has 1 aromatic carbocycles. The number of nitrogens with two attached hydrogens (primary N) is 1. The van der Waals surface area contributed by atoms with E-state index in [9.17, 15) is 8.42 Å². The fourth-order valence-corrected chi connectivity index (χ4v) is 7.41. The number of benzene rings is 1. The number of nitrogens with zero attached hydrogens (tertiary/aromatic N) is 1. The number of sulfonamides is 1. The van der Waals surface area contributed by atoms with Crippen molar-refractivity contribution in [2.45, 2.75) is 61.7 Å². The molecular weight excluding hydrogens is 360 g/mol. The van der Waals surface area contributed by atoms with Gasteiger partial charge in [-0.1, -0.05) is 51.7 Å². The predicted molar refractivity (Wildman–Crippen MR) is 109 cm³/mol. The Morgan fingerprint density at radius 2 is 1.50 bits per heavy atom. The Hall–Kier alpha value is -1.50. The molecule has 3 rings (SSSR count). The first-order valence-corrected chi connectivity index (χ1v) is 14.2. The Bertz CT molecular complexity index is 885. The molecule has 1 saturated carbocycles. The lowest BCUT2D eigenvalue weighted by Gasteiger charge is -2.16. The highest BCUT2D eigenvalue weighted by Crippen LogP contribution is 2.69. The summed E-state index contributed by atoms with van der Waals surface area (Å²) in [5.74, 6) is 1.33. The SMILES string of the molecule is CC(C)c1ccc(C2C(c3ccc(S(N)(=O)=O)cc3)C2[Si](C)(C)C)cn1. The normalized spacial score (nSPS) is 23.3. The number of aromatic nitrogens is 1. The second kappa shape index (κ2) is 6.58. The highest BCUT2D eigenvalue weighted by molar-refractivity contribution is 7.89. The summed E-state index contributed by atoms with van der Waals surface area (Å²) in [5.41, 5.74) is 4.24. The Balaban J connectivity index is 1.92. The van der Waals surface area contributed by atoms with Crippen molar-refractivity contribution in [3.63, 3.8) is 0 Å². The fourth-order valence-electron chi connectivity index (χ4n) is 4.05. The van der Waals surface area contributed by atoms with Gasteiger partial charge in [-0.2, -0.15) is 0 Å². The number of rotatable bonds is 5. The minimum absolute atomic E-state index is 0.172. The van der Waals surface area contributed by atoms with Crippen LogP contribution in [0.25, 0.3) is 0 Å².